The van der Waals surface area contributed by atoms with Crippen LogP contribution >= 0.6 is 22.6 Å². The molecular weight excluding hydrogens is 383 g/mol. The quantitative estimate of drug-likeness (QED) is 0.370. The van der Waals surface area contributed by atoms with E-state index in [0.29, 0.717) is 26.2 Å². The molecule has 1 rings (SSSR count). The average molecular weight is 404 g/mol. The third kappa shape index (κ3) is 8.03. The summed E-state index contributed by atoms with van der Waals surface area (Å²) >= 11 is 2.25. The van der Waals surface area contributed by atoms with Crippen LogP contribution in [0.25, 0.3) is 0 Å². The average Bonchev–Trinajstić information content (AvgIpc) is 2.48. The van der Waals surface area contributed by atoms with E-state index >= 15 is 0 Å². The lowest BCUT2D eigenvalue weighted by atomic mass is 10.3. The Morgan fingerprint density at radius 2 is 2.14 bits per heavy atom. The van der Waals surface area contributed by atoms with Crippen molar-refractivity contribution in [1.82, 2.24) is 10.2 Å². The zero-order valence-corrected chi connectivity index (χ0v) is 14.2. The summed E-state index contributed by atoms with van der Waals surface area (Å²) < 4.78 is 6.75. The molecule has 0 saturated carbocycles. The fraction of sp³-hybridized carbons (Fsp3) is 0.400. The monoisotopic (exact) mass is 404 g/mol. The second-order valence-electron chi connectivity index (χ2n) is 4.39. The van der Waals surface area contributed by atoms with Crippen molar-refractivity contribution in [3.63, 3.8) is 0 Å². The van der Waals surface area contributed by atoms with Crippen LogP contribution < -0.4 is 10.1 Å². The number of hydrogen-bond donors (Lipinski definition) is 2. The highest BCUT2D eigenvalue weighted by Crippen LogP contribution is 2.12. The SMILES string of the molecule is CN(CCO)C(=O)/C=C/CNCCOc1ccc(I)cc1. The Hall–Kier alpha value is -1.12. The number of halogens is 1. The molecule has 21 heavy (non-hydrogen) atoms. The van der Waals surface area contributed by atoms with E-state index in [-0.39, 0.29) is 12.5 Å². The molecule has 0 bridgehead atoms. The number of benzene rings is 1. The van der Waals surface area contributed by atoms with Crippen LogP contribution in [-0.4, -0.2) is 55.8 Å². The zero-order chi connectivity index (χ0) is 15.5. The Morgan fingerprint density at radius 1 is 1.43 bits per heavy atom. The fourth-order valence-corrected chi connectivity index (χ4v) is 1.86. The predicted molar refractivity (Wildman–Crippen MR) is 91.4 cm³/mol. The number of nitrogens with one attached hydrogen (secondary N) is 1. The van der Waals surface area contributed by atoms with Gasteiger partial charge in [0.05, 0.1) is 6.61 Å². The van der Waals surface area contributed by atoms with E-state index in [1.54, 1.807) is 13.1 Å². The number of amides is 1. The number of aliphatic hydroxyl groups excluding tert-OH is 1. The molecule has 0 aromatic heterocycles. The molecule has 0 radical (unpaired) electrons. The van der Waals surface area contributed by atoms with Crippen molar-refractivity contribution in [2.24, 2.45) is 0 Å². The van der Waals surface area contributed by atoms with Gasteiger partial charge in [0.2, 0.25) is 5.91 Å². The molecule has 0 saturated heterocycles. The van der Waals surface area contributed by atoms with Crippen molar-refractivity contribution < 1.29 is 14.6 Å². The summed E-state index contributed by atoms with van der Waals surface area (Å²) in [7, 11) is 1.66. The van der Waals surface area contributed by atoms with Gasteiger partial charge in [-0.05, 0) is 46.9 Å². The van der Waals surface area contributed by atoms with Crippen molar-refractivity contribution in [1.29, 1.82) is 0 Å². The first-order valence-corrected chi connectivity index (χ1v) is 7.83. The Balaban J connectivity index is 2.09. The van der Waals surface area contributed by atoms with E-state index in [1.165, 1.54) is 14.5 Å². The van der Waals surface area contributed by atoms with Crippen LogP contribution in [0.1, 0.15) is 0 Å². The van der Waals surface area contributed by atoms with Gasteiger partial charge in [-0.25, -0.2) is 0 Å². The number of nitrogens with zero attached hydrogens (tertiary/aromatic N) is 1. The van der Waals surface area contributed by atoms with Gasteiger partial charge in [-0.3, -0.25) is 4.79 Å². The van der Waals surface area contributed by atoms with Crippen molar-refractivity contribution in [2.75, 3.05) is 39.9 Å². The van der Waals surface area contributed by atoms with Gasteiger partial charge >= 0.3 is 0 Å². The van der Waals surface area contributed by atoms with Crippen LogP contribution in [-0.2, 0) is 4.79 Å². The second kappa shape index (κ2) is 10.6. The van der Waals surface area contributed by atoms with Crippen LogP contribution in [0.3, 0.4) is 0 Å². The highest BCUT2D eigenvalue weighted by molar-refractivity contribution is 14.1. The number of carbonyl (C=O) groups excluding carboxylic acids is 1. The third-order valence-corrected chi connectivity index (χ3v) is 3.41. The summed E-state index contributed by atoms with van der Waals surface area (Å²) in [6, 6.07) is 7.88. The third-order valence-electron chi connectivity index (χ3n) is 2.70. The molecule has 0 heterocycles. The standard InChI is InChI=1S/C15H21IN2O3/c1-18(10-11-19)15(20)3-2-8-17-9-12-21-14-6-4-13(16)5-7-14/h2-7,17,19H,8-12H2,1H3/b3-2+. The van der Waals surface area contributed by atoms with Crippen LogP contribution in [0.5, 0.6) is 5.75 Å². The lowest BCUT2D eigenvalue weighted by Gasteiger charge is -2.12. The van der Waals surface area contributed by atoms with E-state index < -0.39 is 0 Å². The molecular formula is C15H21IN2O3. The summed E-state index contributed by atoms with van der Waals surface area (Å²) in [4.78, 5) is 13.0. The topological polar surface area (TPSA) is 61.8 Å². The van der Waals surface area contributed by atoms with Gasteiger partial charge in [0.25, 0.3) is 0 Å². The Morgan fingerprint density at radius 3 is 2.81 bits per heavy atom. The van der Waals surface area contributed by atoms with E-state index in [2.05, 4.69) is 27.9 Å². The molecule has 0 aliphatic carbocycles. The first-order valence-electron chi connectivity index (χ1n) is 6.75. The summed E-state index contributed by atoms with van der Waals surface area (Å²) in [6.45, 7) is 2.21. The van der Waals surface area contributed by atoms with Crippen LogP contribution in [0.4, 0.5) is 0 Å². The molecule has 0 unspecified atom stereocenters. The minimum Gasteiger partial charge on any atom is -0.492 e. The minimum atomic E-state index is -0.110. The van der Waals surface area contributed by atoms with Gasteiger partial charge in [0, 0.05) is 36.3 Å². The molecule has 1 amide bonds. The summed E-state index contributed by atoms with van der Waals surface area (Å²) in [6.07, 6.45) is 3.27. The molecule has 0 aliphatic rings. The van der Waals surface area contributed by atoms with Crippen molar-refractivity contribution in [2.45, 2.75) is 0 Å². The lowest BCUT2D eigenvalue weighted by molar-refractivity contribution is -0.125. The molecule has 0 atom stereocenters. The summed E-state index contributed by atoms with van der Waals surface area (Å²) in [5, 5.41) is 11.9. The smallest absolute Gasteiger partial charge is 0.246 e. The molecule has 116 valence electrons. The summed E-state index contributed by atoms with van der Waals surface area (Å²) in [5.74, 6) is 0.745. The Bertz CT molecular complexity index is 449. The van der Waals surface area contributed by atoms with Gasteiger partial charge in [0.1, 0.15) is 12.4 Å². The fourth-order valence-electron chi connectivity index (χ4n) is 1.50. The molecule has 0 aliphatic heterocycles. The lowest BCUT2D eigenvalue weighted by Crippen LogP contribution is -2.28. The van der Waals surface area contributed by atoms with E-state index in [4.69, 9.17) is 9.84 Å². The van der Waals surface area contributed by atoms with E-state index in [1.807, 2.05) is 24.3 Å². The predicted octanol–water partition coefficient (Wildman–Crippen LogP) is 1.27. The highest BCUT2D eigenvalue weighted by atomic mass is 127. The first kappa shape index (κ1) is 17.9. The molecule has 0 spiro atoms. The summed E-state index contributed by atoms with van der Waals surface area (Å²) in [5.41, 5.74) is 0. The van der Waals surface area contributed by atoms with E-state index in [0.717, 1.165) is 5.75 Å². The number of likely N-dealkylation sites (N-methyl/N-ethyl adjacent to an activating group) is 1. The van der Waals surface area contributed by atoms with Gasteiger partial charge in [-0.15, -0.1) is 0 Å². The molecule has 2 N–H and O–H groups in total. The number of ether oxygens (including phenoxy) is 1. The normalized spacial score (nSPS) is 10.8. The van der Waals surface area contributed by atoms with Gasteiger partial charge in [-0.2, -0.15) is 0 Å². The molecule has 5 nitrogen and oxygen atoms in total. The number of rotatable bonds is 9. The van der Waals surface area contributed by atoms with Crippen LogP contribution in [0.15, 0.2) is 36.4 Å². The van der Waals surface area contributed by atoms with Crippen LogP contribution in [0.2, 0.25) is 0 Å². The number of hydrogen-bond acceptors (Lipinski definition) is 4. The molecule has 1 aromatic rings. The zero-order valence-electron chi connectivity index (χ0n) is 12.1. The second-order valence-corrected chi connectivity index (χ2v) is 5.64. The maximum atomic E-state index is 11.5. The largest absolute Gasteiger partial charge is 0.492 e. The van der Waals surface area contributed by atoms with Crippen molar-refractivity contribution in [3.8, 4) is 5.75 Å². The maximum Gasteiger partial charge on any atom is 0.246 e. The van der Waals surface area contributed by atoms with Crippen molar-refractivity contribution in [3.05, 3.63) is 40.0 Å². The maximum absolute atomic E-state index is 11.5. The Labute approximate surface area is 139 Å². The number of aliphatic hydroxyl groups is 1. The van der Waals surface area contributed by atoms with Crippen molar-refractivity contribution >= 4 is 28.5 Å². The van der Waals surface area contributed by atoms with Gasteiger partial charge < -0.3 is 20.1 Å². The first-order chi connectivity index (χ1) is 10.1. The minimum absolute atomic E-state index is 0.0236. The number of carbonyl (C=O) groups is 1. The highest BCUT2D eigenvalue weighted by Gasteiger charge is 2.01. The van der Waals surface area contributed by atoms with Gasteiger partial charge in [-0.1, -0.05) is 6.08 Å². The van der Waals surface area contributed by atoms with Gasteiger partial charge in [0.15, 0.2) is 0 Å². The molecule has 0 fully saturated rings. The molecule has 1 aromatic carbocycles. The van der Waals surface area contributed by atoms with Crippen LogP contribution in [0, 0.1) is 3.57 Å². The Kier molecular flexibility index (Phi) is 9.04. The van der Waals surface area contributed by atoms with E-state index in [9.17, 15) is 4.79 Å². The molecule has 6 heteroatoms.